The van der Waals surface area contributed by atoms with Gasteiger partial charge >= 0.3 is 5.69 Å². The summed E-state index contributed by atoms with van der Waals surface area (Å²) in [5.41, 5.74) is 5.08. The molecule has 1 heterocycles. The van der Waals surface area contributed by atoms with E-state index in [9.17, 15) is 14.9 Å². The number of hydrogen-bond acceptors (Lipinski definition) is 7. The van der Waals surface area contributed by atoms with Crippen LogP contribution in [0.3, 0.4) is 0 Å². The summed E-state index contributed by atoms with van der Waals surface area (Å²) in [4.78, 5) is 30.8. The Labute approximate surface area is 144 Å². The maximum Gasteiger partial charge on any atom is 0.354 e. The minimum Gasteiger partial charge on any atom is -0.361 e. The van der Waals surface area contributed by atoms with Crippen molar-refractivity contribution in [1.29, 1.82) is 0 Å². The van der Waals surface area contributed by atoms with Crippen LogP contribution in [0.15, 0.2) is 36.7 Å². The van der Waals surface area contributed by atoms with Gasteiger partial charge in [-0.25, -0.2) is 9.97 Å². The molecule has 1 amide bonds. The van der Waals surface area contributed by atoms with Gasteiger partial charge in [0.15, 0.2) is 0 Å². The molecule has 1 aromatic heterocycles. The van der Waals surface area contributed by atoms with Gasteiger partial charge in [0, 0.05) is 11.6 Å². The zero-order chi connectivity index (χ0) is 17.6. The van der Waals surface area contributed by atoms with E-state index < -0.39 is 10.8 Å². The SMILES string of the molecule is O=C(NNc1ncnc(NC2CCCC2)c1[N+](=O)[O-])c1ccccc1. The quantitative estimate of drug-likeness (QED) is 0.544. The predicted octanol–water partition coefficient (Wildman–Crippen LogP) is 2.50. The van der Waals surface area contributed by atoms with E-state index in [2.05, 4.69) is 26.1 Å². The van der Waals surface area contributed by atoms with Crippen molar-refractivity contribution in [2.75, 3.05) is 10.7 Å². The number of hydrogen-bond donors (Lipinski definition) is 3. The van der Waals surface area contributed by atoms with Gasteiger partial charge in [-0.3, -0.25) is 25.8 Å². The van der Waals surface area contributed by atoms with Crippen molar-refractivity contribution in [1.82, 2.24) is 15.4 Å². The highest BCUT2D eigenvalue weighted by Crippen LogP contribution is 2.31. The van der Waals surface area contributed by atoms with Crippen LogP contribution in [0, 0.1) is 10.1 Å². The number of nitro groups is 1. The first-order chi connectivity index (χ1) is 12.1. The number of benzene rings is 1. The maximum atomic E-state index is 12.1. The summed E-state index contributed by atoms with van der Waals surface area (Å²) in [5, 5.41) is 14.6. The van der Waals surface area contributed by atoms with Gasteiger partial charge in [-0.15, -0.1) is 0 Å². The molecule has 3 N–H and O–H groups in total. The molecule has 1 saturated carbocycles. The molecule has 1 fully saturated rings. The van der Waals surface area contributed by atoms with Crippen LogP contribution in [0.25, 0.3) is 0 Å². The van der Waals surface area contributed by atoms with Crippen molar-refractivity contribution in [2.45, 2.75) is 31.7 Å². The van der Waals surface area contributed by atoms with E-state index in [0.717, 1.165) is 25.7 Å². The van der Waals surface area contributed by atoms with Crippen LogP contribution in [0.1, 0.15) is 36.0 Å². The molecule has 0 atom stereocenters. The summed E-state index contributed by atoms with van der Waals surface area (Å²) < 4.78 is 0. The fourth-order valence-corrected chi connectivity index (χ4v) is 2.79. The maximum absolute atomic E-state index is 12.1. The molecule has 9 heteroatoms. The minimum atomic E-state index is -0.561. The van der Waals surface area contributed by atoms with Gasteiger partial charge in [0.05, 0.1) is 4.92 Å². The Morgan fingerprint density at radius 1 is 1.12 bits per heavy atom. The number of carbonyl (C=O) groups excluding carboxylic acids is 1. The van der Waals surface area contributed by atoms with E-state index in [0.29, 0.717) is 5.56 Å². The summed E-state index contributed by atoms with van der Waals surface area (Å²) in [6.07, 6.45) is 5.31. The first-order valence-electron chi connectivity index (χ1n) is 8.02. The third-order valence-electron chi connectivity index (χ3n) is 4.03. The number of rotatable bonds is 6. The second-order valence-electron chi connectivity index (χ2n) is 5.75. The van der Waals surface area contributed by atoms with Crippen molar-refractivity contribution < 1.29 is 9.72 Å². The second kappa shape index (κ2) is 7.56. The Hall–Kier alpha value is -3.23. The van der Waals surface area contributed by atoms with Gasteiger partial charge in [0.1, 0.15) is 6.33 Å². The van der Waals surface area contributed by atoms with Crippen LogP contribution in [0.2, 0.25) is 0 Å². The lowest BCUT2D eigenvalue weighted by Crippen LogP contribution is -2.30. The van der Waals surface area contributed by atoms with Crippen molar-refractivity contribution >= 4 is 23.2 Å². The van der Waals surface area contributed by atoms with Crippen LogP contribution < -0.4 is 16.2 Å². The average molecular weight is 342 g/mol. The lowest BCUT2D eigenvalue weighted by molar-refractivity contribution is -0.383. The Kier molecular flexibility index (Phi) is 5.03. The second-order valence-corrected chi connectivity index (χ2v) is 5.75. The Bertz CT molecular complexity index is 762. The zero-order valence-electron chi connectivity index (χ0n) is 13.4. The van der Waals surface area contributed by atoms with Crippen molar-refractivity contribution in [2.24, 2.45) is 0 Å². The molecule has 3 rings (SSSR count). The van der Waals surface area contributed by atoms with E-state index in [4.69, 9.17) is 0 Å². The number of nitrogens with one attached hydrogen (secondary N) is 3. The molecule has 0 aliphatic heterocycles. The van der Waals surface area contributed by atoms with Crippen molar-refractivity contribution in [3.63, 3.8) is 0 Å². The largest absolute Gasteiger partial charge is 0.361 e. The van der Waals surface area contributed by atoms with Crippen LogP contribution >= 0.6 is 0 Å². The van der Waals surface area contributed by atoms with Crippen LogP contribution in [-0.4, -0.2) is 26.8 Å². The molecule has 0 bridgehead atoms. The highest BCUT2D eigenvalue weighted by molar-refractivity contribution is 5.95. The topological polar surface area (TPSA) is 122 Å². The molecule has 0 unspecified atom stereocenters. The van der Waals surface area contributed by atoms with Crippen LogP contribution in [-0.2, 0) is 0 Å². The van der Waals surface area contributed by atoms with E-state index in [1.165, 1.54) is 6.33 Å². The average Bonchev–Trinajstić information content (AvgIpc) is 3.13. The van der Waals surface area contributed by atoms with E-state index in [-0.39, 0.29) is 23.4 Å². The van der Waals surface area contributed by atoms with Gasteiger partial charge < -0.3 is 5.32 Å². The van der Waals surface area contributed by atoms with Gasteiger partial charge in [-0.1, -0.05) is 31.0 Å². The minimum absolute atomic E-state index is 0.0650. The molecule has 0 radical (unpaired) electrons. The molecule has 0 saturated heterocycles. The summed E-state index contributed by atoms with van der Waals surface area (Å²) in [5.74, 6) is -0.327. The number of aromatic nitrogens is 2. The zero-order valence-corrected chi connectivity index (χ0v) is 13.4. The summed E-state index contributed by atoms with van der Waals surface area (Å²) >= 11 is 0. The number of hydrazine groups is 1. The van der Waals surface area contributed by atoms with E-state index in [1.54, 1.807) is 30.3 Å². The molecular weight excluding hydrogens is 324 g/mol. The third kappa shape index (κ3) is 4.00. The summed E-state index contributed by atoms with van der Waals surface area (Å²) in [6, 6.07) is 8.69. The molecule has 1 aliphatic carbocycles. The molecule has 1 aromatic carbocycles. The fraction of sp³-hybridized carbons (Fsp3) is 0.312. The van der Waals surface area contributed by atoms with Gasteiger partial charge in [-0.2, -0.15) is 0 Å². The molecule has 0 spiro atoms. The van der Waals surface area contributed by atoms with Gasteiger partial charge in [0.25, 0.3) is 5.91 Å². The number of amides is 1. The lowest BCUT2D eigenvalue weighted by Gasteiger charge is -2.14. The van der Waals surface area contributed by atoms with Crippen LogP contribution in [0.5, 0.6) is 0 Å². The Morgan fingerprint density at radius 3 is 2.48 bits per heavy atom. The monoisotopic (exact) mass is 342 g/mol. The number of anilines is 2. The smallest absolute Gasteiger partial charge is 0.354 e. The Balaban J connectivity index is 1.76. The van der Waals surface area contributed by atoms with Gasteiger partial charge in [-0.05, 0) is 25.0 Å². The molecule has 1 aliphatic rings. The standard InChI is InChI=1S/C16H18N6O3/c23-16(11-6-2-1-3-7-11)21-20-15-13(22(24)25)14(17-10-18-15)19-12-8-4-5-9-12/h1-3,6-7,10,12H,4-5,8-9H2,(H,21,23)(H2,17,18,19,20). The van der Waals surface area contributed by atoms with Crippen molar-refractivity contribution in [3.8, 4) is 0 Å². The molecular formula is C16H18N6O3. The Morgan fingerprint density at radius 2 is 1.80 bits per heavy atom. The highest BCUT2D eigenvalue weighted by Gasteiger charge is 2.26. The molecule has 2 aromatic rings. The molecule has 9 nitrogen and oxygen atoms in total. The summed E-state index contributed by atoms with van der Waals surface area (Å²) in [6.45, 7) is 0. The normalized spacial score (nSPS) is 14.1. The first kappa shape index (κ1) is 16.6. The first-order valence-corrected chi connectivity index (χ1v) is 8.02. The molecule has 130 valence electrons. The lowest BCUT2D eigenvalue weighted by atomic mass is 10.2. The number of nitrogens with zero attached hydrogens (tertiary/aromatic N) is 3. The van der Waals surface area contributed by atoms with E-state index >= 15 is 0 Å². The highest BCUT2D eigenvalue weighted by atomic mass is 16.6. The fourth-order valence-electron chi connectivity index (χ4n) is 2.79. The third-order valence-corrected chi connectivity index (χ3v) is 4.03. The van der Waals surface area contributed by atoms with Crippen LogP contribution in [0.4, 0.5) is 17.3 Å². The van der Waals surface area contributed by atoms with E-state index in [1.807, 2.05) is 0 Å². The van der Waals surface area contributed by atoms with Crippen molar-refractivity contribution in [3.05, 3.63) is 52.3 Å². The van der Waals surface area contributed by atoms with Gasteiger partial charge in [0.2, 0.25) is 11.6 Å². The summed E-state index contributed by atoms with van der Waals surface area (Å²) in [7, 11) is 0. The molecule has 25 heavy (non-hydrogen) atoms. The predicted molar refractivity (Wildman–Crippen MR) is 92.1 cm³/mol. The number of carbonyl (C=O) groups is 1.